The minimum atomic E-state index is -0.758. The highest BCUT2D eigenvalue weighted by molar-refractivity contribution is 6.32. The summed E-state index contributed by atoms with van der Waals surface area (Å²) in [5.74, 6) is 5.36. The highest BCUT2D eigenvalue weighted by Crippen LogP contribution is 2.25. The van der Waals surface area contributed by atoms with Gasteiger partial charge in [-0.05, 0) is 24.6 Å². The van der Waals surface area contributed by atoms with Crippen LogP contribution in [0.15, 0.2) is 18.2 Å². The van der Waals surface area contributed by atoms with Gasteiger partial charge in [0.15, 0.2) is 0 Å². The van der Waals surface area contributed by atoms with Crippen molar-refractivity contribution in [3.05, 3.63) is 28.8 Å². The zero-order valence-electron chi connectivity index (χ0n) is 8.44. The number of ether oxygens (including phenoxy) is 1. The molecular formula is C10H14ClNO3. The molecule has 0 bridgehead atoms. The van der Waals surface area contributed by atoms with Crippen LogP contribution in [0.25, 0.3) is 0 Å². The van der Waals surface area contributed by atoms with Gasteiger partial charge in [-0.1, -0.05) is 17.7 Å². The molecule has 1 aromatic carbocycles. The van der Waals surface area contributed by atoms with Crippen LogP contribution in [-0.4, -0.2) is 24.4 Å². The number of aliphatic hydroxyl groups is 1. The summed E-state index contributed by atoms with van der Waals surface area (Å²) in [6.45, 7) is 2.06. The Balaban J connectivity index is 2.53. The van der Waals surface area contributed by atoms with Crippen LogP contribution in [0.1, 0.15) is 5.56 Å². The Morgan fingerprint density at radius 1 is 1.47 bits per heavy atom. The Bertz CT molecular complexity index is 320. The zero-order chi connectivity index (χ0) is 11.3. The van der Waals surface area contributed by atoms with E-state index < -0.39 is 6.10 Å². The van der Waals surface area contributed by atoms with Gasteiger partial charge in [-0.2, -0.15) is 0 Å². The summed E-state index contributed by atoms with van der Waals surface area (Å²) in [6, 6.07) is 5.44. The fourth-order valence-electron chi connectivity index (χ4n) is 1.07. The van der Waals surface area contributed by atoms with Crippen molar-refractivity contribution in [3.8, 4) is 5.75 Å². The van der Waals surface area contributed by atoms with Crippen LogP contribution in [0.4, 0.5) is 0 Å². The molecule has 84 valence electrons. The highest BCUT2D eigenvalue weighted by Gasteiger charge is 2.07. The third-order valence-corrected chi connectivity index (χ3v) is 2.12. The molecule has 1 atom stereocenters. The van der Waals surface area contributed by atoms with Gasteiger partial charge < -0.3 is 14.7 Å². The molecule has 0 fully saturated rings. The van der Waals surface area contributed by atoms with Gasteiger partial charge >= 0.3 is 0 Å². The lowest BCUT2D eigenvalue weighted by Crippen LogP contribution is -2.25. The average Bonchev–Trinajstić information content (AvgIpc) is 2.20. The first-order chi connectivity index (χ1) is 7.13. The first kappa shape index (κ1) is 12.3. The molecule has 0 spiro atoms. The molecule has 0 amide bonds. The number of hydrogen-bond acceptors (Lipinski definition) is 4. The van der Waals surface area contributed by atoms with E-state index in [4.69, 9.17) is 22.2 Å². The van der Waals surface area contributed by atoms with Crippen molar-refractivity contribution in [1.29, 1.82) is 0 Å². The van der Waals surface area contributed by atoms with E-state index in [1.165, 1.54) is 0 Å². The second kappa shape index (κ2) is 5.92. The first-order valence-electron chi connectivity index (χ1n) is 4.52. The number of halogens is 1. The monoisotopic (exact) mass is 231 g/mol. The molecular weight excluding hydrogens is 218 g/mol. The smallest absolute Gasteiger partial charge is 0.138 e. The largest absolute Gasteiger partial charge is 0.489 e. The molecule has 0 aliphatic carbocycles. The number of rotatable bonds is 5. The van der Waals surface area contributed by atoms with Gasteiger partial charge in [0, 0.05) is 0 Å². The molecule has 0 aliphatic heterocycles. The van der Waals surface area contributed by atoms with E-state index in [0.717, 1.165) is 5.56 Å². The van der Waals surface area contributed by atoms with Crippen LogP contribution in [0, 0.1) is 6.92 Å². The van der Waals surface area contributed by atoms with Crippen LogP contribution in [-0.2, 0) is 4.84 Å². The second-order valence-electron chi connectivity index (χ2n) is 3.23. The molecule has 0 heterocycles. The maximum absolute atomic E-state index is 9.30. The van der Waals surface area contributed by atoms with E-state index >= 15 is 0 Å². The fourth-order valence-corrected chi connectivity index (χ4v) is 1.24. The van der Waals surface area contributed by atoms with Crippen molar-refractivity contribution < 1.29 is 14.7 Å². The normalized spacial score (nSPS) is 12.5. The van der Waals surface area contributed by atoms with Crippen molar-refractivity contribution in [2.24, 2.45) is 5.90 Å². The molecule has 0 saturated heterocycles. The SMILES string of the molecule is Cc1ccc(Cl)c(OCC(O)CON)c1. The molecule has 1 rings (SSSR count). The summed E-state index contributed by atoms with van der Waals surface area (Å²) in [6.07, 6.45) is -0.758. The zero-order valence-corrected chi connectivity index (χ0v) is 9.20. The lowest BCUT2D eigenvalue weighted by molar-refractivity contribution is 0.0116. The van der Waals surface area contributed by atoms with E-state index in [1.807, 2.05) is 13.0 Å². The first-order valence-corrected chi connectivity index (χ1v) is 4.90. The van der Waals surface area contributed by atoms with E-state index in [2.05, 4.69) is 4.84 Å². The van der Waals surface area contributed by atoms with Gasteiger partial charge in [-0.3, -0.25) is 0 Å². The van der Waals surface area contributed by atoms with Crippen molar-refractivity contribution >= 4 is 11.6 Å². The minimum absolute atomic E-state index is 0.0312. The van der Waals surface area contributed by atoms with Crippen LogP contribution in [0.3, 0.4) is 0 Å². The average molecular weight is 232 g/mol. The van der Waals surface area contributed by atoms with E-state index in [0.29, 0.717) is 10.8 Å². The summed E-state index contributed by atoms with van der Waals surface area (Å²) >= 11 is 5.89. The predicted molar refractivity (Wildman–Crippen MR) is 57.8 cm³/mol. The standard InChI is InChI=1S/C10H14ClNO3/c1-7-2-3-9(11)10(4-7)14-5-8(13)6-15-12/h2-4,8,13H,5-6,12H2,1H3. The fraction of sp³-hybridized carbons (Fsp3) is 0.400. The quantitative estimate of drug-likeness (QED) is 0.750. The summed E-state index contributed by atoms with van der Waals surface area (Å²) in [5.41, 5.74) is 1.04. The summed E-state index contributed by atoms with van der Waals surface area (Å²) < 4.78 is 5.31. The maximum atomic E-state index is 9.30. The molecule has 3 N–H and O–H groups in total. The number of benzene rings is 1. The van der Waals surface area contributed by atoms with Crippen molar-refractivity contribution in [2.75, 3.05) is 13.2 Å². The molecule has 5 heteroatoms. The molecule has 0 aliphatic rings. The van der Waals surface area contributed by atoms with Crippen molar-refractivity contribution in [1.82, 2.24) is 0 Å². The number of aryl methyl sites for hydroxylation is 1. The summed E-state index contributed by atoms with van der Waals surface area (Å²) in [4.78, 5) is 4.28. The Hall–Kier alpha value is -0.810. The molecule has 15 heavy (non-hydrogen) atoms. The second-order valence-corrected chi connectivity index (χ2v) is 3.64. The van der Waals surface area contributed by atoms with Crippen molar-refractivity contribution in [2.45, 2.75) is 13.0 Å². The maximum Gasteiger partial charge on any atom is 0.138 e. The van der Waals surface area contributed by atoms with E-state index in [9.17, 15) is 5.11 Å². The Morgan fingerprint density at radius 3 is 2.87 bits per heavy atom. The van der Waals surface area contributed by atoms with Gasteiger partial charge in [0.1, 0.15) is 18.5 Å². The van der Waals surface area contributed by atoms with Gasteiger partial charge in [-0.15, -0.1) is 0 Å². The Labute approximate surface area is 93.5 Å². The highest BCUT2D eigenvalue weighted by atomic mass is 35.5. The van der Waals surface area contributed by atoms with E-state index in [-0.39, 0.29) is 13.2 Å². The van der Waals surface area contributed by atoms with Gasteiger partial charge in [0.2, 0.25) is 0 Å². The van der Waals surface area contributed by atoms with Crippen LogP contribution >= 0.6 is 11.6 Å². The molecule has 1 unspecified atom stereocenters. The van der Waals surface area contributed by atoms with Gasteiger partial charge in [-0.25, -0.2) is 5.90 Å². The topological polar surface area (TPSA) is 64.7 Å². The number of nitrogens with two attached hydrogens (primary N) is 1. The lowest BCUT2D eigenvalue weighted by atomic mass is 10.2. The van der Waals surface area contributed by atoms with Crippen LogP contribution < -0.4 is 10.6 Å². The Morgan fingerprint density at radius 2 is 2.20 bits per heavy atom. The summed E-state index contributed by atoms with van der Waals surface area (Å²) in [5, 5.41) is 9.81. The number of hydrogen-bond donors (Lipinski definition) is 2. The Kier molecular flexibility index (Phi) is 4.84. The molecule has 0 aromatic heterocycles. The van der Waals surface area contributed by atoms with Crippen LogP contribution in [0.5, 0.6) is 5.75 Å². The minimum Gasteiger partial charge on any atom is -0.489 e. The summed E-state index contributed by atoms with van der Waals surface area (Å²) in [7, 11) is 0. The van der Waals surface area contributed by atoms with Crippen molar-refractivity contribution in [3.63, 3.8) is 0 Å². The molecule has 4 nitrogen and oxygen atoms in total. The molecule has 0 saturated carbocycles. The van der Waals surface area contributed by atoms with E-state index in [1.54, 1.807) is 12.1 Å². The molecule has 0 radical (unpaired) electrons. The lowest BCUT2D eigenvalue weighted by Gasteiger charge is -2.12. The van der Waals surface area contributed by atoms with Gasteiger partial charge in [0.05, 0.1) is 11.6 Å². The third-order valence-electron chi connectivity index (χ3n) is 1.81. The third kappa shape index (κ3) is 4.05. The van der Waals surface area contributed by atoms with Gasteiger partial charge in [0.25, 0.3) is 0 Å². The predicted octanol–water partition coefficient (Wildman–Crippen LogP) is 1.28. The van der Waals surface area contributed by atoms with Crippen LogP contribution in [0.2, 0.25) is 5.02 Å². The number of aliphatic hydroxyl groups excluding tert-OH is 1. The molecule has 1 aromatic rings.